The van der Waals surface area contributed by atoms with Crippen molar-refractivity contribution in [3.05, 3.63) is 78.9 Å². The van der Waals surface area contributed by atoms with Crippen LogP contribution in [0.5, 0.6) is 0 Å². The molecule has 0 amide bonds. The maximum atomic E-state index is 2.36. The summed E-state index contributed by atoms with van der Waals surface area (Å²) in [7, 11) is 2.14. The van der Waals surface area contributed by atoms with E-state index in [4.69, 9.17) is 0 Å². The molecule has 22 heavy (non-hydrogen) atoms. The first-order valence-electron chi connectivity index (χ1n) is 7.56. The third-order valence-electron chi connectivity index (χ3n) is 4.20. The third-order valence-corrected chi connectivity index (χ3v) is 4.20. The van der Waals surface area contributed by atoms with Crippen molar-refractivity contribution in [1.82, 2.24) is 0 Å². The second-order valence-electron chi connectivity index (χ2n) is 5.67. The van der Waals surface area contributed by atoms with E-state index in [0.29, 0.717) is 0 Å². The summed E-state index contributed by atoms with van der Waals surface area (Å²) in [6.07, 6.45) is 0. The molecule has 1 heterocycles. The summed E-state index contributed by atoms with van der Waals surface area (Å²) in [6, 6.07) is 27.9. The summed E-state index contributed by atoms with van der Waals surface area (Å²) in [6.45, 7) is 0.886. The first-order chi connectivity index (χ1) is 10.8. The molecule has 0 unspecified atom stereocenters. The van der Waals surface area contributed by atoms with E-state index in [1.54, 1.807) is 0 Å². The van der Waals surface area contributed by atoms with Gasteiger partial charge in [0.15, 0.2) is 0 Å². The molecule has 1 aliphatic heterocycles. The van der Waals surface area contributed by atoms with Crippen LogP contribution in [0.2, 0.25) is 0 Å². The molecule has 2 nitrogen and oxygen atoms in total. The molecule has 0 aliphatic carbocycles. The number of hydrogen-bond acceptors (Lipinski definition) is 2. The summed E-state index contributed by atoms with van der Waals surface area (Å²) in [5.74, 6) is 0. The van der Waals surface area contributed by atoms with E-state index in [2.05, 4.69) is 95.7 Å². The average Bonchev–Trinajstić information content (AvgIpc) is 2.93. The molecule has 0 atom stereocenters. The number of rotatable bonds is 2. The predicted octanol–water partition coefficient (Wildman–Crippen LogP) is 4.90. The Morgan fingerprint density at radius 1 is 0.682 bits per heavy atom. The standard InChI is InChI=1S/C20H18N2/c1-21-15-22(20-13-6-5-12-19(20)21)18-11-7-10-17(14-18)16-8-3-2-4-9-16/h2-14H,15H2,1H3. The van der Waals surface area contributed by atoms with E-state index in [1.165, 1.54) is 28.2 Å². The van der Waals surface area contributed by atoms with Crippen molar-refractivity contribution in [2.45, 2.75) is 0 Å². The molecule has 0 fully saturated rings. The number of nitrogens with zero attached hydrogens (tertiary/aromatic N) is 2. The van der Waals surface area contributed by atoms with Gasteiger partial charge in [0.1, 0.15) is 0 Å². The molecule has 108 valence electrons. The quantitative estimate of drug-likeness (QED) is 0.661. The summed E-state index contributed by atoms with van der Waals surface area (Å²) in [4.78, 5) is 4.65. The van der Waals surface area contributed by atoms with Crippen LogP contribution in [0.4, 0.5) is 17.1 Å². The van der Waals surface area contributed by atoms with Crippen LogP contribution >= 0.6 is 0 Å². The fourth-order valence-corrected chi connectivity index (χ4v) is 3.08. The molecule has 0 saturated heterocycles. The molecule has 0 spiro atoms. The number of benzene rings is 3. The van der Waals surface area contributed by atoms with Crippen LogP contribution in [0.15, 0.2) is 78.9 Å². The van der Waals surface area contributed by atoms with Crippen molar-refractivity contribution >= 4 is 17.1 Å². The van der Waals surface area contributed by atoms with E-state index >= 15 is 0 Å². The van der Waals surface area contributed by atoms with Gasteiger partial charge >= 0.3 is 0 Å². The van der Waals surface area contributed by atoms with Crippen LogP contribution in [0.3, 0.4) is 0 Å². The molecule has 0 N–H and O–H groups in total. The van der Waals surface area contributed by atoms with Crippen LogP contribution in [0, 0.1) is 0 Å². The second-order valence-corrected chi connectivity index (χ2v) is 5.67. The maximum Gasteiger partial charge on any atom is 0.0950 e. The summed E-state index contributed by atoms with van der Waals surface area (Å²) in [5.41, 5.74) is 6.30. The highest BCUT2D eigenvalue weighted by Gasteiger charge is 2.23. The maximum absolute atomic E-state index is 2.36. The molecule has 2 heteroatoms. The highest BCUT2D eigenvalue weighted by atomic mass is 15.4. The largest absolute Gasteiger partial charge is 0.355 e. The minimum atomic E-state index is 0.886. The fourth-order valence-electron chi connectivity index (χ4n) is 3.08. The van der Waals surface area contributed by atoms with E-state index in [-0.39, 0.29) is 0 Å². The van der Waals surface area contributed by atoms with Crippen LogP contribution < -0.4 is 9.80 Å². The molecule has 0 radical (unpaired) electrons. The van der Waals surface area contributed by atoms with E-state index in [1.807, 2.05) is 0 Å². The lowest BCUT2D eigenvalue weighted by Gasteiger charge is -2.20. The van der Waals surface area contributed by atoms with Gasteiger partial charge in [0.2, 0.25) is 0 Å². The van der Waals surface area contributed by atoms with Crippen molar-refractivity contribution in [3.8, 4) is 11.1 Å². The van der Waals surface area contributed by atoms with E-state index < -0.39 is 0 Å². The second kappa shape index (κ2) is 5.23. The Morgan fingerprint density at radius 3 is 2.18 bits per heavy atom. The highest BCUT2D eigenvalue weighted by molar-refractivity contribution is 5.83. The van der Waals surface area contributed by atoms with Gasteiger partial charge in [-0.15, -0.1) is 0 Å². The number of para-hydroxylation sites is 2. The van der Waals surface area contributed by atoms with Gasteiger partial charge in [0, 0.05) is 12.7 Å². The minimum absolute atomic E-state index is 0.886. The van der Waals surface area contributed by atoms with Gasteiger partial charge in [0.25, 0.3) is 0 Å². The zero-order chi connectivity index (χ0) is 14.9. The number of anilines is 3. The molecule has 3 aromatic rings. The van der Waals surface area contributed by atoms with Gasteiger partial charge in [-0.3, -0.25) is 0 Å². The summed E-state index contributed by atoms with van der Waals surface area (Å²) < 4.78 is 0. The van der Waals surface area contributed by atoms with Crippen LogP contribution in [-0.2, 0) is 0 Å². The first-order valence-corrected chi connectivity index (χ1v) is 7.56. The van der Waals surface area contributed by atoms with Crippen molar-refractivity contribution in [2.75, 3.05) is 23.5 Å². The normalized spacial score (nSPS) is 13.3. The Balaban J connectivity index is 1.76. The molecule has 0 aromatic heterocycles. The fraction of sp³-hybridized carbons (Fsp3) is 0.100. The van der Waals surface area contributed by atoms with Crippen molar-refractivity contribution in [1.29, 1.82) is 0 Å². The van der Waals surface area contributed by atoms with Crippen molar-refractivity contribution in [3.63, 3.8) is 0 Å². The zero-order valence-electron chi connectivity index (χ0n) is 12.6. The summed E-state index contributed by atoms with van der Waals surface area (Å²) in [5, 5.41) is 0. The van der Waals surface area contributed by atoms with Crippen molar-refractivity contribution in [2.24, 2.45) is 0 Å². The van der Waals surface area contributed by atoms with Crippen LogP contribution in [-0.4, -0.2) is 13.7 Å². The van der Waals surface area contributed by atoms with Gasteiger partial charge in [-0.25, -0.2) is 0 Å². The highest BCUT2D eigenvalue weighted by Crippen LogP contribution is 2.40. The van der Waals surface area contributed by atoms with Crippen LogP contribution in [0.1, 0.15) is 0 Å². The molecule has 4 rings (SSSR count). The van der Waals surface area contributed by atoms with Gasteiger partial charge in [-0.2, -0.15) is 0 Å². The first kappa shape index (κ1) is 13.0. The lowest BCUT2D eigenvalue weighted by Crippen LogP contribution is -2.23. The minimum Gasteiger partial charge on any atom is -0.355 e. The average molecular weight is 286 g/mol. The Hall–Kier alpha value is -2.74. The number of fused-ring (bicyclic) bond motifs is 1. The summed E-state index contributed by atoms with van der Waals surface area (Å²) >= 11 is 0. The molecule has 0 bridgehead atoms. The smallest absolute Gasteiger partial charge is 0.0950 e. The predicted molar refractivity (Wildman–Crippen MR) is 93.7 cm³/mol. The Kier molecular flexibility index (Phi) is 3.08. The van der Waals surface area contributed by atoms with Crippen molar-refractivity contribution < 1.29 is 0 Å². The monoisotopic (exact) mass is 286 g/mol. The van der Waals surface area contributed by atoms with Crippen LogP contribution in [0.25, 0.3) is 11.1 Å². The van der Waals surface area contributed by atoms with Gasteiger partial charge < -0.3 is 9.80 Å². The zero-order valence-corrected chi connectivity index (χ0v) is 12.6. The lowest BCUT2D eigenvalue weighted by atomic mass is 10.0. The molecular formula is C20H18N2. The van der Waals surface area contributed by atoms with E-state index in [9.17, 15) is 0 Å². The Morgan fingerprint density at radius 2 is 1.36 bits per heavy atom. The topological polar surface area (TPSA) is 6.48 Å². The molecule has 3 aromatic carbocycles. The van der Waals surface area contributed by atoms with Gasteiger partial charge in [-0.1, -0.05) is 54.6 Å². The molecular weight excluding hydrogens is 268 g/mol. The number of hydrogen-bond donors (Lipinski definition) is 0. The molecule has 0 saturated carbocycles. The lowest BCUT2D eigenvalue weighted by molar-refractivity contribution is 0.950. The van der Waals surface area contributed by atoms with E-state index in [0.717, 1.165) is 6.67 Å². The SMILES string of the molecule is CN1CN(c2cccc(-c3ccccc3)c2)c2ccccc21. The van der Waals surface area contributed by atoms with Gasteiger partial charge in [-0.05, 0) is 35.4 Å². The third kappa shape index (κ3) is 2.13. The Labute approximate surface area is 131 Å². The van der Waals surface area contributed by atoms with Gasteiger partial charge in [0.05, 0.1) is 18.0 Å². The molecule has 1 aliphatic rings. The Bertz CT molecular complexity index is 796.